The molecule has 3 aromatic rings. The third-order valence-corrected chi connectivity index (χ3v) is 7.18. The van der Waals surface area contributed by atoms with Gasteiger partial charge >= 0.3 is 12.8 Å². The van der Waals surface area contributed by atoms with E-state index in [0.29, 0.717) is 16.8 Å². The van der Waals surface area contributed by atoms with Crippen molar-refractivity contribution in [1.82, 2.24) is 9.13 Å². The predicted molar refractivity (Wildman–Crippen MR) is 137 cm³/mol. The maximum atomic E-state index is 15.8. The summed E-state index contributed by atoms with van der Waals surface area (Å²) in [6.45, 7) is 8.84. The van der Waals surface area contributed by atoms with Crippen molar-refractivity contribution in [2.75, 3.05) is 5.32 Å². The number of nitrogens with zero attached hydrogens (tertiary/aromatic N) is 2. The summed E-state index contributed by atoms with van der Waals surface area (Å²) in [5.74, 6) is -2.36. The molecular weight excluding hydrogens is 483 g/mol. The number of carbonyl (C=O) groups excluding carboxylic acids is 1. The Morgan fingerprint density at radius 1 is 0.973 bits per heavy atom. The largest absolute Gasteiger partial charge is 0.500 e. The molecule has 0 aliphatic carbocycles. The summed E-state index contributed by atoms with van der Waals surface area (Å²) >= 11 is 0. The van der Waals surface area contributed by atoms with Crippen LogP contribution in [0.15, 0.2) is 46.1 Å². The monoisotopic (exact) mass is 511 g/mol. The number of aromatic nitrogens is 2. The molecule has 1 amide bonds. The molecule has 0 radical (unpaired) electrons. The molecule has 194 valence electrons. The average molecular weight is 511 g/mol. The second-order valence-electron chi connectivity index (χ2n) is 10.1. The van der Waals surface area contributed by atoms with Gasteiger partial charge in [0.05, 0.1) is 16.7 Å². The smallest absolute Gasteiger partial charge is 0.399 e. The van der Waals surface area contributed by atoms with Gasteiger partial charge in [-0.25, -0.2) is 13.6 Å². The zero-order valence-corrected chi connectivity index (χ0v) is 21.7. The van der Waals surface area contributed by atoms with Gasteiger partial charge in [-0.1, -0.05) is 12.1 Å². The molecule has 0 spiro atoms. The van der Waals surface area contributed by atoms with Crippen LogP contribution in [0.1, 0.15) is 43.6 Å². The van der Waals surface area contributed by atoms with E-state index in [4.69, 9.17) is 9.31 Å². The number of benzene rings is 2. The Morgan fingerprint density at radius 2 is 1.59 bits per heavy atom. The fourth-order valence-electron chi connectivity index (χ4n) is 4.17. The first-order valence-corrected chi connectivity index (χ1v) is 11.7. The number of halogens is 2. The van der Waals surface area contributed by atoms with E-state index in [1.165, 1.54) is 20.2 Å². The van der Waals surface area contributed by atoms with Crippen molar-refractivity contribution >= 4 is 24.2 Å². The minimum atomic E-state index is -1.24. The van der Waals surface area contributed by atoms with E-state index >= 15 is 4.39 Å². The first-order valence-electron chi connectivity index (χ1n) is 11.7. The van der Waals surface area contributed by atoms with Gasteiger partial charge in [0.2, 0.25) is 0 Å². The van der Waals surface area contributed by atoms with Gasteiger partial charge in [0.15, 0.2) is 0 Å². The van der Waals surface area contributed by atoms with E-state index in [1.54, 1.807) is 52.8 Å². The molecule has 0 atom stereocenters. The number of aryl methyl sites for hydroxylation is 1. The summed E-state index contributed by atoms with van der Waals surface area (Å²) in [6, 6.07) is 7.31. The summed E-state index contributed by atoms with van der Waals surface area (Å²) < 4.78 is 44.4. The standard InChI is InChI=1S/C26H28BF2N3O5/c1-14-15(9-8-10-19(14)30-22(33)17-13-31(6)24(35)32(7)23(17)34)16-11-12-18(28)20(21(16)29)27-36-25(2,3)26(4,5)37-27/h8-13H,1-7H3,(H,30,33). The second kappa shape index (κ2) is 9.07. The Hall–Kier alpha value is -3.57. The fourth-order valence-corrected chi connectivity index (χ4v) is 4.17. The topological polar surface area (TPSA) is 91.6 Å². The zero-order valence-electron chi connectivity index (χ0n) is 21.7. The molecule has 1 aliphatic heterocycles. The van der Waals surface area contributed by atoms with Crippen LogP contribution in [0.3, 0.4) is 0 Å². The van der Waals surface area contributed by atoms with Crippen LogP contribution in [0.4, 0.5) is 14.5 Å². The van der Waals surface area contributed by atoms with Crippen LogP contribution in [0, 0.1) is 18.6 Å². The van der Waals surface area contributed by atoms with Gasteiger partial charge in [-0.3, -0.25) is 14.2 Å². The maximum absolute atomic E-state index is 15.8. The van der Waals surface area contributed by atoms with Gasteiger partial charge in [0.25, 0.3) is 11.5 Å². The molecule has 1 saturated heterocycles. The van der Waals surface area contributed by atoms with Crippen LogP contribution in [-0.2, 0) is 23.4 Å². The van der Waals surface area contributed by atoms with Crippen molar-refractivity contribution < 1.29 is 22.9 Å². The molecule has 1 aliphatic rings. The molecule has 0 unspecified atom stereocenters. The molecule has 1 fully saturated rings. The first kappa shape index (κ1) is 26.5. The molecule has 2 heterocycles. The van der Waals surface area contributed by atoms with E-state index in [2.05, 4.69) is 5.32 Å². The molecule has 11 heteroatoms. The lowest BCUT2D eigenvalue weighted by Gasteiger charge is -2.32. The average Bonchev–Trinajstić information content (AvgIpc) is 3.03. The predicted octanol–water partition coefficient (Wildman–Crippen LogP) is 2.89. The van der Waals surface area contributed by atoms with Crippen LogP contribution in [0.2, 0.25) is 0 Å². The highest BCUT2D eigenvalue weighted by Gasteiger charge is 2.53. The number of rotatable bonds is 4. The maximum Gasteiger partial charge on any atom is 0.500 e. The van der Waals surface area contributed by atoms with Crippen molar-refractivity contribution in [3.63, 3.8) is 0 Å². The van der Waals surface area contributed by atoms with E-state index in [9.17, 15) is 18.8 Å². The molecule has 4 rings (SSSR count). The molecule has 37 heavy (non-hydrogen) atoms. The lowest BCUT2D eigenvalue weighted by Crippen LogP contribution is -2.41. The summed E-state index contributed by atoms with van der Waals surface area (Å²) in [5, 5.41) is 2.66. The van der Waals surface area contributed by atoms with Gasteiger partial charge < -0.3 is 19.2 Å². The normalized spacial score (nSPS) is 16.2. The zero-order chi connectivity index (χ0) is 27.4. The highest BCUT2D eigenvalue weighted by molar-refractivity contribution is 6.62. The van der Waals surface area contributed by atoms with Crippen molar-refractivity contribution in [1.29, 1.82) is 0 Å². The summed E-state index contributed by atoms with van der Waals surface area (Å²) in [6.07, 6.45) is 1.16. The Bertz CT molecular complexity index is 1530. The lowest BCUT2D eigenvalue weighted by molar-refractivity contribution is 0.00578. The minimum Gasteiger partial charge on any atom is -0.399 e. The van der Waals surface area contributed by atoms with Crippen LogP contribution < -0.4 is 22.0 Å². The van der Waals surface area contributed by atoms with E-state index < -0.39 is 47.1 Å². The van der Waals surface area contributed by atoms with Crippen molar-refractivity contribution in [2.24, 2.45) is 14.1 Å². The van der Waals surface area contributed by atoms with Gasteiger partial charge in [-0.15, -0.1) is 0 Å². The van der Waals surface area contributed by atoms with Gasteiger partial charge in [-0.2, -0.15) is 0 Å². The first-order chi connectivity index (χ1) is 17.2. The van der Waals surface area contributed by atoms with Crippen LogP contribution in [0.25, 0.3) is 11.1 Å². The van der Waals surface area contributed by atoms with Gasteiger partial charge in [-0.05, 0) is 63.9 Å². The molecular formula is C26H28BF2N3O5. The quantitative estimate of drug-likeness (QED) is 0.545. The van der Waals surface area contributed by atoms with Gasteiger partial charge in [0, 0.05) is 31.5 Å². The number of hydrogen-bond donors (Lipinski definition) is 1. The highest BCUT2D eigenvalue weighted by atomic mass is 19.1. The third-order valence-electron chi connectivity index (χ3n) is 7.18. The number of hydrogen-bond acceptors (Lipinski definition) is 5. The SMILES string of the molecule is Cc1c(NC(=O)c2cn(C)c(=O)n(C)c2=O)cccc1-c1ccc(F)c(B2OC(C)(C)C(C)(C)O2)c1F. The van der Waals surface area contributed by atoms with Gasteiger partial charge in [0.1, 0.15) is 17.2 Å². The minimum absolute atomic E-state index is 0.0951. The Kier molecular flexibility index (Phi) is 6.50. The Balaban J connectivity index is 1.73. The molecule has 1 N–H and O–H groups in total. The lowest BCUT2D eigenvalue weighted by atomic mass is 9.76. The van der Waals surface area contributed by atoms with E-state index in [1.807, 2.05) is 0 Å². The molecule has 2 aromatic carbocycles. The summed E-state index contributed by atoms with van der Waals surface area (Å²) in [5.41, 5.74) is -2.14. The fraction of sp³-hybridized carbons (Fsp3) is 0.346. The second-order valence-corrected chi connectivity index (χ2v) is 10.1. The Labute approximate surface area is 213 Å². The number of amides is 1. The molecule has 0 saturated carbocycles. The van der Waals surface area contributed by atoms with E-state index in [-0.39, 0.29) is 16.6 Å². The van der Waals surface area contributed by atoms with Crippen molar-refractivity contribution in [3.8, 4) is 11.1 Å². The van der Waals surface area contributed by atoms with Crippen LogP contribution in [0.5, 0.6) is 0 Å². The highest BCUT2D eigenvalue weighted by Crippen LogP contribution is 2.38. The summed E-state index contributed by atoms with van der Waals surface area (Å²) in [7, 11) is 1.47. The Morgan fingerprint density at radius 3 is 2.22 bits per heavy atom. The molecule has 8 nitrogen and oxygen atoms in total. The number of carbonyl (C=O) groups is 1. The van der Waals surface area contributed by atoms with E-state index in [0.717, 1.165) is 21.4 Å². The van der Waals surface area contributed by atoms with Crippen molar-refractivity contribution in [3.05, 3.63) is 80.1 Å². The van der Waals surface area contributed by atoms with Crippen LogP contribution in [-0.4, -0.2) is 33.4 Å². The molecule has 1 aromatic heterocycles. The number of anilines is 1. The summed E-state index contributed by atoms with van der Waals surface area (Å²) in [4.78, 5) is 37.3. The van der Waals surface area contributed by atoms with Crippen molar-refractivity contribution in [2.45, 2.75) is 45.8 Å². The molecule has 0 bridgehead atoms. The van der Waals surface area contributed by atoms with Crippen LogP contribution >= 0.6 is 0 Å². The third kappa shape index (κ3) is 4.42. The number of nitrogens with one attached hydrogen (secondary N) is 1.